The van der Waals surface area contributed by atoms with Crippen LogP contribution in [0.4, 0.5) is 9.59 Å². The molecular weight excluding hydrogens is 344 g/mol. The van der Waals surface area contributed by atoms with Gasteiger partial charge >= 0.3 is 12.3 Å². The van der Waals surface area contributed by atoms with Crippen LogP contribution in [-0.4, -0.2) is 50.9 Å². The van der Waals surface area contributed by atoms with Crippen molar-refractivity contribution in [3.8, 4) is 0 Å². The maximum atomic E-state index is 11.5. The predicted octanol–water partition coefficient (Wildman–Crippen LogP) is 4.40. The number of hydrogen-bond donors (Lipinski definition) is 0. The molecule has 0 heterocycles. The lowest BCUT2D eigenvalue weighted by Gasteiger charge is -2.16. The summed E-state index contributed by atoms with van der Waals surface area (Å²) in [5.41, 5.74) is 0. The lowest BCUT2D eigenvalue weighted by atomic mass is 10.2. The van der Waals surface area contributed by atoms with Gasteiger partial charge in [-0.1, -0.05) is 39.5 Å². The van der Waals surface area contributed by atoms with E-state index in [1.807, 2.05) is 13.8 Å². The van der Waals surface area contributed by atoms with Crippen molar-refractivity contribution in [2.45, 2.75) is 78.4 Å². The van der Waals surface area contributed by atoms with Crippen LogP contribution < -0.4 is 0 Å². The van der Waals surface area contributed by atoms with Gasteiger partial charge in [0.2, 0.25) is 0 Å². The zero-order chi connectivity index (χ0) is 19.6. The molecule has 0 aromatic heterocycles. The van der Waals surface area contributed by atoms with E-state index in [0.717, 1.165) is 38.5 Å². The number of ether oxygens (including phenoxy) is 4. The second-order valence-corrected chi connectivity index (χ2v) is 5.73. The summed E-state index contributed by atoms with van der Waals surface area (Å²) < 4.78 is 20.7. The third-order valence-corrected chi connectivity index (χ3v) is 3.52. The third-order valence-electron chi connectivity index (χ3n) is 3.52. The molecule has 154 valence electrons. The van der Waals surface area contributed by atoms with E-state index in [0.29, 0.717) is 13.2 Å². The van der Waals surface area contributed by atoms with Crippen LogP contribution in [0.25, 0.3) is 0 Å². The fourth-order valence-corrected chi connectivity index (χ4v) is 2.20. The SMILES string of the molecule is CCCCC(COC(=O)OOC(=O)OCC(CCCC)OCC)OCC. The number of unbranched alkanes of at least 4 members (excludes halogenated alkanes) is 2. The molecule has 0 aliphatic carbocycles. The van der Waals surface area contributed by atoms with E-state index in [1.54, 1.807) is 0 Å². The molecule has 0 amide bonds. The smallest absolute Gasteiger partial charge is 0.429 e. The minimum atomic E-state index is -1.12. The summed E-state index contributed by atoms with van der Waals surface area (Å²) in [6, 6.07) is 0. The molecule has 0 rings (SSSR count). The molecule has 0 bridgehead atoms. The van der Waals surface area contributed by atoms with Crippen LogP contribution in [0.15, 0.2) is 0 Å². The summed E-state index contributed by atoms with van der Waals surface area (Å²) in [4.78, 5) is 31.5. The van der Waals surface area contributed by atoms with Gasteiger partial charge in [-0.3, -0.25) is 0 Å². The van der Waals surface area contributed by atoms with Gasteiger partial charge in [0.1, 0.15) is 13.2 Å². The quantitative estimate of drug-likeness (QED) is 0.250. The number of rotatable bonds is 14. The fraction of sp³-hybridized carbons (Fsp3) is 0.889. The molecule has 0 N–H and O–H groups in total. The molecule has 0 aliphatic rings. The van der Waals surface area contributed by atoms with Crippen LogP contribution in [-0.2, 0) is 28.7 Å². The van der Waals surface area contributed by atoms with Gasteiger partial charge < -0.3 is 18.9 Å². The lowest BCUT2D eigenvalue weighted by molar-refractivity contribution is -0.221. The standard InChI is InChI=1S/C18H34O8/c1-5-9-11-15(21-7-3)13-23-17(19)25-26-18(20)24-14-16(22-8-4)12-10-6-2/h15-16H,5-14H2,1-4H3. The molecule has 2 unspecified atom stereocenters. The van der Waals surface area contributed by atoms with Crippen molar-refractivity contribution in [2.24, 2.45) is 0 Å². The number of carbonyl (C=O) groups is 2. The minimum Gasteiger partial charge on any atom is -0.429 e. The van der Waals surface area contributed by atoms with E-state index >= 15 is 0 Å². The first kappa shape index (κ1) is 24.5. The van der Waals surface area contributed by atoms with Gasteiger partial charge in [0, 0.05) is 13.2 Å². The highest BCUT2D eigenvalue weighted by atomic mass is 17.3. The molecule has 0 radical (unpaired) electrons. The Morgan fingerprint density at radius 1 is 0.692 bits per heavy atom. The maximum absolute atomic E-state index is 11.5. The number of carbonyl (C=O) groups excluding carboxylic acids is 2. The van der Waals surface area contributed by atoms with Gasteiger partial charge in [-0.05, 0) is 26.7 Å². The van der Waals surface area contributed by atoms with Crippen LogP contribution in [0, 0.1) is 0 Å². The van der Waals surface area contributed by atoms with E-state index in [4.69, 9.17) is 18.9 Å². The highest BCUT2D eigenvalue weighted by molar-refractivity contribution is 5.63. The molecule has 0 saturated heterocycles. The molecule has 0 saturated carbocycles. The predicted molar refractivity (Wildman–Crippen MR) is 94.7 cm³/mol. The Balaban J connectivity index is 3.99. The highest BCUT2D eigenvalue weighted by Crippen LogP contribution is 2.08. The Morgan fingerprint density at radius 2 is 1.08 bits per heavy atom. The van der Waals surface area contributed by atoms with E-state index < -0.39 is 12.3 Å². The van der Waals surface area contributed by atoms with Crippen molar-refractivity contribution in [3.63, 3.8) is 0 Å². The van der Waals surface area contributed by atoms with Crippen LogP contribution in [0.2, 0.25) is 0 Å². The molecule has 0 aliphatic heterocycles. The zero-order valence-corrected chi connectivity index (χ0v) is 16.5. The molecule has 26 heavy (non-hydrogen) atoms. The van der Waals surface area contributed by atoms with Gasteiger partial charge in [-0.2, -0.15) is 19.4 Å². The summed E-state index contributed by atoms with van der Waals surface area (Å²) in [5.74, 6) is 0. The maximum Gasteiger partial charge on any atom is 0.550 e. The summed E-state index contributed by atoms with van der Waals surface area (Å²) in [5, 5.41) is 0. The normalized spacial score (nSPS) is 12.9. The molecule has 8 nitrogen and oxygen atoms in total. The second-order valence-electron chi connectivity index (χ2n) is 5.73. The van der Waals surface area contributed by atoms with Crippen molar-refractivity contribution < 1.29 is 38.3 Å². The first-order chi connectivity index (χ1) is 12.6. The summed E-state index contributed by atoms with van der Waals surface area (Å²) in [6.07, 6.45) is 2.87. The molecular formula is C18H34O8. The van der Waals surface area contributed by atoms with Crippen LogP contribution in [0.3, 0.4) is 0 Å². The minimum absolute atomic E-state index is 0.0362. The van der Waals surface area contributed by atoms with Crippen molar-refractivity contribution in [2.75, 3.05) is 26.4 Å². The molecule has 8 heteroatoms. The molecule has 2 atom stereocenters. The van der Waals surface area contributed by atoms with Gasteiger partial charge in [-0.15, -0.1) is 0 Å². The average Bonchev–Trinajstić information content (AvgIpc) is 2.64. The van der Waals surface area contributed by atoms with Crippen LogP contribution >= 0.6 is 0 Å². The monoisotopic (exact) mass is 378 g/mol. The Labute approximate surface area is 156 Å². The van der Waals surface area contributed by atoms with Crippen molar-refractivity contribution in [1.29, 1.82) is 0 Å². The van der Waals surface area contributed by atoms with Crippen LogP contribution in [0.5, 0.6) is 0 Å². The highest BCUT2D eigenvalue weighted by Gasteiger charge is 2.17. The lowest BCUT2D eigenvalue weighted by Crippen LogP contribution is -2.25. The van der Waals surface area contributed by atoms with Crippen molar-refractivity contribution >= 4 is 12.3 Å². The zero-order valence-electron chi connectivity index (χ0n) is 16.5. The molecule has 0 fully saturated rings. The topological polar surface area (TPSA) is 89.5 Å². The first-order valence-electron chi connectivity index (χ1n) is 9.48. The molecule has 0 aromatic carbocycles. The third kappa shape index (κ3) is 13.7. The van der Waals surface area contributed by atoms with Gasteiger partial charge in [-0.25, -0.2) is 0 Å². The average molecular weight is 378 g/mol. The second kappa shape index (κ2) is 16.9. The first-order valence-corrected chi connectivity index (χ1v) is 9.48. The number of hydrogen-bond acceptors (Lipinski definition) is 8. The Bertz CT molecular complexity index is 327. The van der Waals surface area contributed by atoms with Crippen molar-refractivity contribution in [1.82, 2.24) is 0 Å². The molecule has 0 spiro atoms. The summed E-state index contributed by atoms with van der Waals surface area (Å²) in [7, 11) is 0. The van der Waals surface area contributed by atoms with E-state index in [-0.39, 0.29) is 25.4 Å². The largest absolute Gasteiger partial charge is 0.550 e. The fourth-order valence-electron chi connectivity index (χ4n) is 2.20. The van der Waals surface area contributed by atoms with Crippen LogP contribution in [0.1, 0.15) is 66.2 Å². The van der Waals surface area contributed by atoms with E-state index in [2.05, 4.69) is 23.6 Å². The van der Waals surface area contributed by atoms with Crippen molar-refractivity contribution in [3.05, 3.63) is 0 Å². The van der Waals surface area contributed by atoms with Gasteiger partial charge in [0.25, 0.3) is 0 Å². The van der Waals surface area contributed by atoms with Gasteiger partial charge in [0.15, 0.2) is 0 Å². The summed E-state index contributed by atoms with van der Waals surface area (Å²) in [6.45, 7) is 8.98. The van der Waals surface area contributed by atoms with Gasteiger partial charge in [0.05, 0.1) is 12.2 Å². The Kier molecular flexibility index (Phi) is 15.9. The van der Waals surface area contributed by atoms with E-state index in [9.17, 15) is 9.59 Å². The van der Waals surface area contributed by atoms with E-state index in [1.165, 1.54) is 0 Å². The summed E-state index contributed by atoms with van der Waals surface area (Å²) >= 11 is 0. The Hall–Kier alpha value is -1.54. The molecule has 0 aromatic rings. The Morgan fingerprint density at radius 3 is 1.38 bits per heavy atom.